The highest BCUT2D eigenvalue weighted by molar-refractivity contribution is 7.85. The fourth-order valence-electron chi connectivity index (χ4n) is 3.89. The Morgan fingerprint density at radius 3 is 1.84 bits per heavy atom. The maximum absolute atomic E-state index is 9.19. The summed E-state index contributed by atoms with van der Waals surface area (Å²) >= 11 is 0. The molecular weight excluding hydrogens is 580 g/mol. The van der Waals surface area contributed by atoms with Crippen LogP contribution >= 0.6 is 0 Å². The summed E-state index contributed by atoms with van der Waals surface area (Å²) in [5.41, 5.74) is 16.6. The van der Waals surface area contributed by atoms with Gasteiger partial charge in [-0.2, -0.15) is 8.42 Å². The first-order valence-corrected chi connectivity index (χ1v) is 15.3. The van der Waals surface area contributed by atoms with Crippen molar-refractivity contribution < 1.29 is 22.1 Å². The molecule has 0 aliphatic heterocycles. The van der Waals surface area contributed by atoms with Crippen LogP contribution in [0.5, 0.6) is 5.75 Å². The van der Waals surface area contributed by atoms with Crippen LogP contribution in [0.3, 0.4) is 0 Å². The van der Waals surface area contributed by atoms with Crippen LogP contribution in [0.1, 0.15) is 25.2 Å². The molecule has 0 spiro atoms. The van der Waals surface area contributed by atoms with Gasteiger partial charge in [0.05, 0.1) is 29.3 Å². The molecule has 44 heavy (non-hydrogen) atoms. The molecule has 5 N–H and O–H groups in total. The van der Waals surface area contributed by atoms with Crippen molar-refractivity contribution in [1.82, 2.24) is 9.97 Å². The van der Waals surface area contributed by atoms with Gasteiger partial charge in [0.2, 0.25) is 0 Å². The molecule has 0 saturated carbocycles. The zero-order valence-electron chi connectivity index (χ0n) is 24.3. The quantitative estimate of drug-likeness (QED) is 0.111. The second-order valence-corrected chi connectivity index (χ2v) is 11.2. The first-order chi connectivity index (χ1) is 21.0. The summed E-state index contributed by atoms with van der Waals surface area (Å²) < 4.78 is 38.2. The van der Waals surface area contributed by atoms with Gasteiger partial charge in [0, 0.05) is 24.0 Å². The Balaban J connectivity index is 0.000000818. The van der Waals surface area contributed by atoms with Crippen molar-refractivity contribution in [1.29, 1.82) is 0 Å². The number of hydrogen-bond acceptors (Lipinski definition) is 8. The fraction of sp³-hybridized carbons (Fsp3) is 0.125. The minimum Gasteiger partial charge on any atom is -0.490 e. The van der Waals surface area contributed by atoms with Crippen molar-refractivity contribution in [2.45, 2.75) is 20.0 Å². The molecule has 0 fully saturated rings. The molecule has 0 aliphatic carbocycles. The first-order valence-electron chi connectivity index (χ1n) is 13.4. The van der Waals surface area contributed by atoms with Crippen molar-refractivity contribution in [2.75, 3.05) is 6.26 Å². The van der Waals surface area contributed by atoms with Crippen molar-refractivity contribution >= 4 is 33.2 Å². The van der Waals surface area contributed by atoms with E-state index in [1.54, 1.807) is 12.4 Å². The van der Waals surface area contributed by atoms with E-state index >= 15 is 0 Å². The Morgan fingerprint density at radius 2 is 1.32 bits per heavy atom. The number of ether oxygens (including phenoxy) is 1. The Bertz CT molecular complexity index is 1850. The predicted octanol–water partition coefficient (Wildman–Crippen LogP) is 5.77. The van der Waals surface area contributed by atoms with Gasteiger partial charge in [-0.15, -0.1) is 0 Å². The molecule has 2 aromatic carbocycles. The number of furan rings is 1. The average molecular weight is 613 g/mol. The van der Waals surface area contributed by atoms with Gasteiger partial charge in [-0.05, 0) is 86.6 Å². The summed E-state index contributed by atoms with van der Waals surface area (Å²) in [7, 11) is -3.67. The van der Waals surface area contributed by atoms with E-state index in [1.807, 2.05) is 105 Å². The van der Waals surface area contributed by atoms with Crippen molar-refractivity contribution in [3.63, 3.8) is 0 Å². The molecule has 0 unspecified atom stereocenters. The summed E-state index contributed by atoms with van der Waals surface area (Å²) in [6.07, 6.45) is 4.04. The van der Waals surface area contributed by atoms with Crippen LogP contribution in [0, 0.1) is 0 Å². The van der Waals surface area contributed by atoms with Gasteiger partial charge in [-0.25, -0.2) is 9.98 Å². The molecule has 11 nitrogen and oxygen atoms in total. The van der Waals surface area contributed by atoms with Gasteiger partial charge in [-0.1, -0.05) is 12.1 Å². The SMILES string of the molecule is CC(C)Oc1cc(N=C(N)c2ccccn2)ccc1-c1ccc(-c2ccc(N=C(N)c3ccccn3)cc2)o1.CS(=O)(=O)O. The standard InChI is InChI=1S/C31H28N6O2.CH4O3S/c1-20(2)38-29-19-23(37-31(33)26-8-4-6-18-35-26)13-14-24(29)28-16-15-27(39-28)21-9-11-22(12-10-21)36-30(32)25-7-3-5-17-34-25;1-5(2,3)4/h3-20H,1-2H3,(H2,32,36)(H2,33,37);1H3,(H,2,3,4). The van der Waals surface area contributed by atoms with Crippen LogP contribution in [-0.2, 0) is 10.1 Å². The number of nitrogens with zero attached hydrogens (tertiary/aromatic N) is 4. The molecule has 12 heteroatoms. The lowest BCUT2D eigenvalue weighted by Gasteiger charge is -2.14. The number of aliphatic imine (C=N–C) groups is 2. The highest BCUT2D eigenvalue weighted by atomic mass is 32.2. The molecule has 0 radical (unpaired) electrons. The molecule has 226 valence electrons. The summed E-state index contributed by atoms with van der Waals surface area (Å²) in [6.45, 7) is 3.94. The lowest BCUT2D eigenvalue weighted by molar-refractivity contribution is 0.243. The zero-order valence-corrected chi connectivity index (χ0v) is 25.1. The number of hydrogen-bond donors (Lipinski definition) is 3. The molecule has 5 aromatic rings. The van der Waals surface area contributed by atoms with Crippen LogP contribution in [-0.4, -0.2) is 47.0 Å². The fourth-order valence-corrected chi connectivity index (χ4v) is 3.89. The van der Waals surface area contributed by atoms with Gasteiger partial charge in [0.25, 0.3) is 10.1 Å². The van der Waals surface area contributed by atoms with Gasteiger partial charge >= 0.3 is 0 Å². The lowest BCUT2D eigenvalue weighted by Crippen LogP contribution is -2.14. The monoisotopic (exact) mass is 612 g/mol. The minimum absolute atomic E-state index is 0.0443. The van der Waals surface area contributed by atoms with E-state index in [0.717, 1.165) is 22.6 Å². The lowest BCUT2D eigenvalue weighted by atomic mass is 10.1. The molecule has 5 rings (SSSR count). The molecule has 0 amide bonds. The van der Waals surface area contributed by atoms with E-state index in [-0.39, 0.29) is 6.10 Å². The zero-order chi connectivity index (χ0) is 31.7. The number of nitrogens with two attached hydrogens (primary N) is 2. The second-order valence-electron chi connectivity index (χ2n) is 9.71. The largest absolute Gasteiger partial charge is 0.490 e. The molecule has 3 heterocycles. The van der Waals surface area contributed by atoms with Gasteiger partial charge in [-0.3, -0.25) is 14.5 Å². The second kappa shape index (κ2) is 14.2. The minimum atomic E-state index is -3.67. The number of benzene rings is 2. The van der Waals surface area contributed by atoms with Crippen LogP contribution in [0.4, 0.5) is 11.4 Å². The molecule has 0 saturated heterocycles. The Kier molecular flexibility index (Phi) is 10.2. The molecular formula is C32H32N6O5S. The van der Waals surface area contributed by atoms with Crippen molar-refractivity contribution in [3.8, 4) is 28.4 Å². The van der Waals surface area contributed by atoms with E-state index in [9.17, 15) is 8.42 Å². The van der Waals surface area contributed by atoms with Crippen molar-refractivity contribution in [3.05, 3.63) is 115 Å². The summed E-state index contributed by atoms with van der Waals surface area (Å²) in [6, 6.07) is 28.2. The van der Waals surface area contributed by atoms with E-state index in [0.29, 0.717) is 46.5 Å². The van der Waals surface area contributed by atoms with E-state index in [1.165, 1.54) is 0 Å². The topological polar surface area (TPSA) is 179 Å². The van der Waals surface area contributed by atoms with Crippen molar-refractivity contribution in [2.24, 2.45) is 21.5 Å². The maximum Gasteiger partial charge on any atom is 0.261 e. The number of rotatable bonds is 8. The third-order valence-corrected chi connectivity index (χ3v) is 5.70. The Hall–Kier alpha value is -5.33. The molecule has 0 aliphatic rings. The van der Waals surface area contributed by atoms with Crippen LogP contribution in [0.15, 0.2) is 118 Å². The highest BCUT2D eigenvalue weighted by Gasteiger charge is 2.15. The molecule has 0 bridgehead atoms. The smallest absolute Gasteiger partial charge is 0.261 e. The third-order valence-electron chi connectivity index (χ3n) is 5.70. The van der Waals surface area contributed by atoms with Crippen LogP contribution < -0.4 is 16.2 Å². The molecule has 3 aromatic heterocycles. The number of aromatic nitrogens is 2. The van der Waals surface area contributed by atoms with Gasteiger partial charge < -0.3 is 20.6 Å². The molecule has 0 atom stereocenters. The van der Waals surface area contributed by atoms with Gasteiger partial charge in [0.15, 0.2) is 0 Å². The Labute approximate surface area is 255 Å². The third kappa shape index (κ3) is 9.34. The Morgan fingerprint density at radius 1 is 0.795 bits per heavy atom. The summed E-state index contributed by atoms with van der Waals surface area (Å²) in [4.78, 5) is 17.5. The summed E-state index contributed by atoms with van der Waals surface area (Å²) in [5.74, 6) is 2.73. The normalized spacial score (nSPS) is 12.0. The maximum atomic E-state index is 9.19. The van der Waals surface area contributed by atoms with Crippen LogP contribution in [0.25, 0.3) is 22.6 Å². The first kappa shape index (κ1) is 31.6. The predicted molar refractivity (Wildman–Crippen MR) is 172 cm³/mol. The number of amidine groups is 2. The average Bonchev–Trinajstić information content (AvgIpc) is 3.47. The van der Waals surface area contributed by atoms with Gasteiger partial charge in [0.1, 0.15) is 40.3 Å². The van der Waals surface area contributed by atoms with E-state index in [2.05, 4.69) is 20.0 Å². The summed E-state index contributed by atoms with van der Waals surface area (Å²) in [5, 5.41) is 0. The van der Waals surface area contributed by atoms with E-state index in [4.69, 9.17) is 25.2 Å². The van der Waals surface area contributed by atoms with Crippen LogP contribution in [0.2, 0.25) is 0 Å². The van der Waals surface area contributed by atoms with E-state index < -0.39 is 10.1 Å². The highest BCUT2D eigenvalue weighted by Crippen LogP contribution is 2.37. The number of pyridine rings is 2.